The van der Waals surface area contributed by atoms with Gasteiger partial charge in [-0.05, 0) is 13.0 Å². The van der Waals surface area contributed by atoms with Crippen LogP contribution in [0.15, 0.2) is 41.6 Å². The van der Waals surface area contributed by atoms with Crippen LogP contribution in [0.4, 0.5) is 0 Å². The van der Waals surface area contributed by atoms with Gasteiger partial charge in [-0.25, -0.2) is 4.98 Å². The first kappa shape index (κ1) is 11.2. The summed E-state index contributed by atoms with van der Waals surface area (Å²) >= 11 is 1.55. The number of nitrogens with zero attached hydrogens (tertiary/aromatic N) is 3. The molecule has 1 N–H and O–H groups in total. The van der Waals surface area contributed by atoms with Gasteiger partial charge < -0.3 is 4.98 Å². The van der Waals surface area contributed by atoms with Crippen molar-refractivity contribution >= 4 is 33.8 Å². The van der Waals surface area contributed by atoms with E-state index >= 15 is 0 Å². The first-order valence-corrected chi connectivity index (χ1v) is 6.61. The van der Waals surface area contributed by atoms with Gasteiger partial charge in [0.15, 0.2) is 5.65 Å². The van der Waals surface area contributed by atoms with Crippen molar-refractivity contribution in [1.29, 1.82) is 0 Å². The number of H-pyrrole nitrogens is 1. The predicted molar refractivity (Wildman–Crippen MR) is 74.7 cm³/mol. The third-order valence-electron chi connectivity index (χ3n) is 2.55. The first-order chi connectivity index (χ1) is 8.74. The van der Waals surface area contributed by atoms with E-state index in [0.29, 0.717) is 5.16 Å². The van der Waals surface area contributed by atoms with Crippen molar-refractivity contribution in [2.75, 3.05) is 5.75 Å². The zero-order chi connectivity index (χ0) is 12.5. The molecule has 0 fully saturated rings. The number of hydrogen-bond donors (Lipinski definition) is 1. The molecule has 3 aromatic rings. The van der Waals surface area contributed by atoms with Gasteiger partial charge in [0, 0.05) is 16.7 Å². The zero-order valence-corrected chi connectivity index (χ0v) is 10.8. The van der Waals surface area contributed by atoms with Gasteiger partial charge in [-0.3, -0.25) is 0 Å². The smallest absolute Gasteiger partial charge is 0.211 e. The number of aromatic amines is 1. The quantitative estimate of drug-likeness (QED) is 0.577. The Balaban J connectivity index is 2.07. The van der Waals surface area contributed by atoms with E-state index in [1.165, 1.54) is 0 Å². The van der Waals surface area contributed by atoms with Crippen LogP contribution in [0.5, 0.6) is 0 Å². The molecule has 0 amide bonds. The van der Waals surface area contributed by atoms with Crippen LogP contribution in [0.1, 0.15) is 6.92 Å². The second-order valence-corrected chi connectivity index (χ2v) is 5.15. The minimum absolute atomic E-state index is 0.678. The minimum Gasteiger partial charge on any atom is -0.338 e. The fraction of sp³-hybridized carbons (Fsp3) is 0.154. The Hall–Kier alpha value is -1.88. The number of para-hydroxylation sites is 1. The van der Waals surface area contributed by atoms with Gasteiger partial charge in [0.05, 0.1) is 0 Å². The molecule has 5 heteroatoms. The molecular weight excluding hydrogens is 244 g/mol. The lowest BCUT2D eigenvalue weighted by molar-refractivity contribution is 0.879. The molecule has 0 atom stereocenters. The third kappa shape index (κ3) is 1.97. The summed E-state index contributed by atoms with van der Waals surface area (Å²) < 4.78 is 0. The van der Waals surface area contributed by atoms with Crippen LogP contribution in [-0.4, -0.2) is 25.9 Å². The highest BCUT2D eigenvalue weighted by atomic mass is 32.2. The average molecular weight is 256 g/mol. The molecule has 2 heterocycles. The van der Waals surface area contributed by atoms with Crippen LogP contribution in [-0.2, 0) is 0 Å². The summed E-state index contributed by atoms with van der Waals surface area (Å²) in [5.41, 5.74) is 3.75. The van der Waals surface area contributed by atoms with Crippen molar-refractivity contribution in [3.05, 3.63) is 36.4 Å². The molecule has 0 aliphatic rings. The molecule has 0 spiro atoms. The predicted octanol–water partition coefficient (Wildman–Crippen LogP) is 3.17. The number of rotatable bonds is 3. The number of benzene rings is 1. The highest BCUT2D eigenvalue weighted by Gasteiger charge is 2.08. The zero-order valence-electron chi connectivity index (χ0n) is 9.97. The summed E-state index contributed by atoms with van der Waals surface area (Å²) in [7, 11) is 0. The van der Waals surface area contributed by atoms with Gasteiger partial charge in [-0.1, -0.05) is 42.1 Å². The molecule has 0 aliphatic heterocycles. The Labute approximate surface area is 109 Å². The number of thioether (sulfide) groups is 1. The molecule has 0 unspecified atom stereocenters. The Kier molecular flexibility index (Phi) is 2.76. The van der Waals surface area contributed by atoms with Crippen molar-refractivity contribution in [1.82, 2.24) is 20.2 Å². The molecule has 1 aromatic carbocycles. The maximum absolute atomic E-state index is 4.48. The van der Waals surface area contributed by atoms with E-state index < -0.39 is 0 Å². The first-order valence-electron chi connectivity index (χ1n) is 5.62. The lowest BCUT2D eigenvalue weighted by Gasteiger charge is -1.97. The van der Waals surface area contributed by atoms with E-state index in [1.54, 1.807) is 11.8 Å². The van der Waals surface area contributed by atoms with E-state index in [2.05, 4.69) is 26.7 Å². The molecule has 4 nitrogen and oxygen atoms in total. The van der Waals surface area contributed by atoms with Gasteiger partial charge >= 0.3 is 0 Å². The van der Waals surface area contributed by atoms with E-state index in [-0.39, 0.29) is 0 Å². The largest absolute Gasteiger partial charge is 0.338 e. The van der Waals surface area contributed by atoms with Crippen molar-refractivity contribution in [2.24, 2.45) is 0 Å². The molecule has 0 bridgehead atoms. The highest BCUT2D eigenvalue weighted by Crippen LogP contribution is 2.23. The van der Waals surface area contributed by atoms with Gasteiger partial charge in [-0.2, -0.15) is 0 Å². The Morgan fingerprint density at radius 3 is 3.00 bits per heavy atom. The third-order valence-corrected chi connectivity index (χ3v) is 3.62. The molecule has 18 heavy (non-hydrogen) atoms. The van der Waals surface area contributed by atoms with Crippen molar-refractivity contribution < 1.29 is 0 Å². The Bertz CT molecular complexity index is 732. The fourth-order valence-electron chi connectivity index (χ4n) is 1.75. The molecular formula is C13H12N4S. The van der Waals surface area contributed by atoms with Crippen LogP contribution >= 0.6 is 11.8 Å². The Morgan fingerprint density at radius 1 is 1.33 bits per heavy atom. The summed E-state index contributed by atoms with van der Waals surface area (Å²) in [6.07, 6.45) is 0. The highest BCUT2D eigenvalue weighted by molar-refractivity contribution is 7.99. The van der Waals surface area contributed by atoms with Crippen LogP contribution in [0.25, 0.3) is 22.1 Å². The molecule has 0 saturated heterocycles. The number of aromatic nitrogens is 4. The maximum Gasteiger partial charge on any atom is 0.211 e. The number of fused-ring (bicyclic) bond motifs is 3. The fourth-order valence-corrected chi connectivity index (χ4v) is 2.38. The summed E-state index contributed by atoms with van der Waals surface area (Å²) in [5.74, 6) is 0.813. The van der Waals surface area contributed by atoms with Crippen molar-refractivity contribution in [3.63, 3.8) is 0 Å². The normalized spacial score (nSPS) is 11.2. The van der Waals surface area contributed by atoms with Gasteiger partial charge in [-0.15, -0.1) is 10.2 Å². The Morgan fingerprint density at radius 2 is 2.17 bits per heavy atom. The van der Waals surface area contributed by atoms with E-state index in [0.717, 1.165) is 33.4 Å². The van der Waals surface area contributed by atoms with E-state index in [4.69, 9.17) is 0 Å². The average Bonchev–Trinajstić information content (AvgIpc) is 2.73. The van der Waals surface area contributed by atoms with E-state index in [1.807, 2.05) is 31.2 Å². The van der Waals surface area contributed by atoms with E-state index in [9.17, 15) is 0 Å². The minimum atomic E-state index is 0.678. The monoisotopic (exact) mass is 256 g/mol. The summed E-state index contributed by atoms with van der Waals surface area (Å²) in [4.78, 5) is 7.73. The standard InChI is InChI=1S/C13H12N4S/c1-8(2)7-18-13-15-12-11(16-17-13)9-5-3-4-6-10(9)14-12/h3-6H,1,7H2,2H3,(H,14,15,17). The van der Waals surface area contributed by atoms with Crippen LogP contribution in [0.3, 0.4) is 0 Å². The topological polar surface area (TPSA) is 54.5 Å². The molecule has 90 valence electrons. The second-order valence-electron chi connectivity index (χ2n) is 4.21. The summed E-state index contributed by atoms with van der Waals surface area (Å²) in [6.45, 7) is 5.85. The number of hydrogen-bond acceptors (Lipinski definition) is 4. The molecule has 3 rings (SSSR count). The second kappa shape index (κ2) is 4.42. The lowest BCUT2D eigenvalue weighted by atomic mass is 10.2. The van der Waals surface area contributed by atoms with Gasteiger partial charge in [0.2, 0.25) is 5.16 Å². The molecule has 0 radical (unpaired) electrons. The molecule has 2 aromatic heterocycles. The lowest BCUT2D eigenvalue weighted by Crippen LogP contribution is -1.92. The summed E-state index contributed by atoms with van der Waals surface area (Å²) in [5, 5.41) is 10.1. The van der Waals surface area contributed by atoms with Crippen molar-refractivity contribution in [3.8, 4) is 0 Å². The number of nitrogens with one attached hydrogen (secondary N) is 1. The maximum atomic E-state index is 4.48. The molecule has 0 saturated carbocycles. The van der Waals surface area contributed by atoms with Crippen LogP contribution in [0.2, 0.25) is 0 Å². The van der Waals surface area contributed by atoms with Gasteiger partial charge in [0.1, 0.15) is 5.52 Å². The van der Waals surface area contributed by atoms with Crippen molar-refractivity contribution in [2.45, 2.75) is 12.1 Å². The SMILES string of the molecule is C=C(C)CSc1nnc2c(n1)[nH]c1ccccc12. The van der Waals surface area contributed by atoms with Crippen LogP contribution in [0, 0.1) is 0 Å². The summed E-state index contributed by atoms with van der Waals surface area (Å²) in [6, 6.07) is 8.01. The molecule has 0 aliphatic carbocycles. The van der Waals surface area contributed by atoms with Gasteiger partial charge in [0.25, 0.3) is 0 Å². The van der Waals surface area contributed by atoms with Crippen LogP contribution < -0.4 is 0 Å².